The Bertz CT molecular complexity index is 595. The zero-order chi connectivity index (χ0) is 16.7. The molecule has 0 aromatic heterocycles. The standard InChI is InChI=1S/C16H19F3N2O2/c17-16(18,19)11-20-7-5-15(6-8-20)10-21(9-14(22)23)13-4-2-1-3-12(13)15/h1-4H,5-11H2,(H,22,23). The van der Waals surface area contributed by atoms with Gasteiger partial charge in [0.2, 0.25) is 0 Å². The molecule has 23 heavy (non-hydrogen) atoms. The summed E-state index contributed by atoms with van der Waals surface area (Å²) in [6.07, 6.45) is -2.93. The van der Waals surface area contributed by atoms with Crippen LogP contribution in [0.3, 0.4) is 0 Å². The van der Waals surface area contributed by atoms with Crippen molar-refractivity contribution in [2.45, 2.75) is 24.4 Å². The SMILES string of the molecule is O=C(O)CN1CC2(CCN(CC(F)(F)F)CC2)c2ccccc21. The second-order valence-electron chi connectivity index (χ2n) is 6.44. The van der Waals surface area contributed by atoms with Gasteiger partial charge in [0.05, 0.1) is 6.54 Å². The van der Waals surface area contributed by atoms with Crippen molar-refractivity contribution in [3.05, 3.63) is 29.8 Å². The van der Waals surface area contributed by atoms with Gasteiger partial charge in [0.25, 0.3) is 0 Å². The van der Waals surface area contributed by atoms with Crippen LogP contribution in [-0.2, 0) is 10.2 Å². The third-order valence-corrected chi connectivity index (χ3v) is 4.85. The van der Waals surface area contributed by atoms with Crippen LogP contribution in [0.5, 0.6) is 0 Å². The van der Waals surface area contributed by atoms with Crippen molar-refractivity contribution in [1.29, 1.82) is 0 Å². The summed E-state index contributed by atoms with van der Waals surface area (Å²) in [5, 5.41) is 9.08. The van der Waals surface area contributed by atoms with Gasteiger partial charge in [-0.05, 0) is 37.6 Å². The van der Waals surface area contributed by atoms with Gasteiger partial charge < -0.3 is 10.0 Å². The van der Waals surface area contributed by atoms with Crippen LogP contribution in [0, 0.1) is 0 Å². The van der Waals surface area contributed by atoms with E-state index in [0.717, 1.165) is 11.3 Å². The number of piperidine rings is 1. The van der Waals surface area contributed by atoms with Crippen LogP contribution in [0.25, 0.3) is 0 Å². The number of fused-ring (bicyclic) bond motifs is 2. The predicted octanol–water partition coefficient (Wildman–Crippen LogP) is 2.49. The van der Waals surface area contributed by atoms with Gasteiger partial charge in [-0.2, -0.15) is 13.2 Å². The lowest BCUT2D eigenvalue weighted by molar-refractivity contribution is -0.149. The summed E-state index contributed by atoms with van der Waals surface area (Å²) in [7, 11) is 0. The van der Waals surface area contributed by atoms with Gasteiger partial charge in [0, 0.05) is 17.6 Å². The van der Waals surface area contributed by atoms with E-state index in [1.165, 1.54) is 4.90 Å². The van der Waals surface area contributed by atoms with Crippen LogP contribution in [0.1, 0.15) is 18.4 Å². The number of hydrogen-bond acceptors (Lipinski definition) is 3. The Morgan fingerprint density at radius 1 is 1.22 bits per heavy atom. The lowest BCUT2D eigenvalue weighted by atomic mass is 9.74. The maximum absolute atomic E-state index is 12.5. The molecule has 0 atom stereocenters. The highest BCUT2D eigenvalue weighted by molar-refractivity contribution is 5.76. The highest BCUT2D eigenvalue weighted by Gasteiger charge is 2.45. The molecule has 4 nitrogen and oxygen atoms in total. The summed E-state index contributed by atoms with van der Waals surface area (Å²) in [5.74, 6) is -0.897. The van der Waals surface area contributed by atoms with Gasteiger partial charge >= 0.3 is 12.1 Å². The predicted molar refractivity (Wildman–Crippen MR) is 79.7 cm³/mol. The molecular weight excluding hydrogens is 309 g/mol. The smallest absolute Gasteiger partial charge is 0.401 e. The van der Waals surface area contributed by atoms with Crippen LogP contribution in [0.4, 0.5) is 18.9 Å². The van der Waals surface area contributed by atoms with E-state index >= 15 is 0 Å². The van der Waals surface area contributed by atoms with Crippen LogP contribution in [0.2, 0.25) is 0 Å². The summed E-state index contributed by atoms with van der Waals surface area (Å²) < 4.78 is 37.6. The molecule has 1 N–H and O–H groups in total. The van der Waals surface area contributed by atoms with Crippen molar-refractivity contribution in [2.75, 3.05) is 37.6 Å². The van der Waals surface area contributed by atoms with Gasteiger partial charge in [-0.25, -0.2) is 0 Å². The molecular formula is C16H19F3N2O2. The first-order valence-electron chi connectivity index (χ1n) is 7.64. The first kappa shape index (κ1) is 16.1. The molecule has 1 aromatic carbocycles. The van der Waals surface area contributed by atoms with E-state index in [4.69, 9.17) is 5.11 Å². The molecule has 0 amide bonds. The number of anilines is 1. The number of carboxylic acids is 1. The molecule has 3 rings (SSSR count). The molecule has 2 aliphatic rings. The van der Waals surface area contributed by atoms with E-state index in [-0.39, 0.29) is 12.0 Å². The lowest BCUT2D eigenvalue weighted by Crippen LogP contribution is -2.48. The molecule has 0 radical (unpaired) electrons. The van der Waals surface area contributed by atoms with E-state index in [0.29, 0.717) is 32.5 Å². The Morgan fingerprint density at radius 2 is 1.87 bits per heavy atom. The zero-order valence-corrected chi connectivity index (χ0v) is 12.6. The molecule has 1 spiro atoms. The fourth-order valence-electron chi connectivity index (χ4n) is 3.86. The van der Waals surface area contributed by atoms with Crippen LogP contribution in [-0.4, -0.2) is 54.9 Å². The molecule has 0 saturated carbocycles. The second-order valence-corrected chi connectivity index (χ2v) is 6.44. The van der Waals surface area contributed by atoms with E-state index < -0.39 is 18.7 Å². The number of nitrogens with zero attached hydrogens (tertiary/aromatic N) is 2. The van der Waals surface area contributed by atoms with Crippen molar-refractivity contribution >= 4 is 11.7 Å². The van der Waals surface area contributed by atoms with Crippen molar-refractivity contribution in [2.24, 2.45) is 0 Å². The molecule has 2 heterocycles. The fourth-order valence-corrected chi connectivity index (χ4v) is 3.86. The Morgan fingerprint density at radius 3 is 2.48 bits per heavy atom. The highest BCUT2D eigenvalue weighted by Crippen LogP contribution is 2.46. The van der Waals surface area contributed by atoms with Gasteiger partial charge in [-0.3, -0.25) is 9.69 Å². The molecule has 1 saturated heterocycles. The minimum atomic E-state index is -4.17. The number of benzene rings is 1. The molecule has 0 aliphatic carbocycles. The quantitative estimate of drug-likeness (QED) is 0.926. The van der Waals surface area contributed by atoms with Gasteiger partial charge in [-0.1, -0.05) is 18.2 Å². The maximum atomic E-state index is 12.5. The van der Waals surface area contributed by atoms with Crippen molar-refractivity contribution in [3.63, 3.8) is 0 Å². The van der Waals surface area contributed by atoms with Gasteiger partial charge in [-0.15, -0.1) is 0 Å². The first-order valence-corrected chi connectivity index (χ1v) is 7.64. The van der Waals surface area contributed by atoms with Gasteiger partial charge in [0.15, 0.2) is 0 Å². The molecule has 1 fully saturated rings. The number of carbonyl (C=O) groups is 1. The topological polar surface area (TPSA) is 43.8 Å². The Hall–Kier alpha value is -1.76. The summed E-state index contributed by atoms with van der Waals surface area (Å²) in [5.41, 5.74) is 1.75. The van der Waals surface area contributed by atoms with Crippen LogP contribution >= 0.6 is 0 Å². The minimum absolute atomic E-state index is 0.0783. The number of aliphatic carboxylic acids is 1. The normalized spacial score (nSPS) is 20.7. The van der Waals surface area contributed by atoms with Gasteiger partial charge in [0.1, 0.15) is 6.54 Å². The molecule has 0 bridgehead atoms. The number of rotatable bonds is 3. The highest BCUT2D eigenvalue weighted by atomic mass is 19.4. The van der Waals surface area contributed by atoms with Crippen molar-refractivity contribution < 1.29 is 23.1 Å². The summed E-state index contributed by atoms with van der Waals surface area (Å²) in [4.78, 5) is 14.3. The largest absolute Gasteiger partial charge is 0.480 e. The maximum Gasteiger partial charge on any atom is 0.401 e. The van der Waals surface area contributed by atoms with Crippen molar-refractivity contribution in [3.8, 4) is 0 Å². The zero-order valence-electron chi connectivity index (χ0n) is 12.6. The van der Waals surface area contributed by atoms with E-state index in [1.54, 1.807) is 0 Å². The Labute approximate surface area is 132 Å². The molecule has 2 aliphatic heterocycles. The van der Waals surface area contributed by atoms with Crippen molar-refractivity contribution in [1.82, 2.24) is 4.90 Å². The van der Waals surface area contributed by atoms with E-state index in [9.17, 15) is 18.0 Å². The third-order valence-electron chi connectivity index (χ3n) is 4.85. The third kappa shape index (κ3) is 3.29. The molecule has 7 heteroatoms. The molecule has 126 valence electrons. The monoisotopic (exact) mass is 328 g/mol. The summed E-state index contributed by atoms with van der Waals surface area (Å²) in [6.45, 7) is 0.386. The number of carboxylic acid groups (broad SMARTS) is 1. The van der Waals surface area contributed by atoms with Crippen LogP contribution < -0.4 is 4.90 Å². The summed E-state index contributed by atoms with van der Waals surface area (Å²) in [6, 6.07) is 7.66. The molecule has 0 unspecified atom stereocenters. The Balaban J connectivity index is 1.78. The minimum Gasteiger partial charge on any atom is -0.480 e. The average molecular weight is 328 g/mol. The average Bonchev–Trinajstić information content (AvgIpc) is 2.75. The Kier molecular flexibility index (Phi) is 4.00. The van der Waals surface area contributed by atoms with Crippen LogP contribution in [0.15, 0.2) is 24.3 Å². The number of para-hydroxylation sites is 1. The second kappa shape index (κ2) is 5.70. The number of halogens is 3. The van der Waals surface area contributed by atoms with E-state index in [1.807, 2.05) is 29.2 Å². The summed E-state index contributed by atoms with van der Waals surface area (Å²) >= 11 is 0. The first-order chi connectivity index (χ1) is 10.8. The number of likely N-dealkylation sites (tertiary alicyclic amines) is 1. The van der Waals surface area contributed by atoms with E-state index in [2.05, 4.69) is 0 Å². The molecule has 1 aromatic rings. The number of hydrogen-bond donors (Lipinski definition) is 1. The number of alkyl halides is 3. The fraction of sp³-hybridized carbons (Fsp3) is 0.562. The lowest BCUT2D eigenvalue weighted by Gasteiger charge is -2.40.